The van der Waals surface area contributed by atoms with E-state index in [-0.39, 0.29) is 11.3 Å². The summed E-state index contributed by atoms with van der Waals surface area (Å²) in [6, 6.07) is 16.2. The van der Waals surface area contributed by atoms with E-state index in [1.165, 1.54) is 16.1 Å². The lowest BCUT2D eigenvalue weighted by Gasteiger charge is -2.18. The number of hydrazone groups is 1. The maximum atomic E-state index is 12.5. The molecule has 2 aromatic carbocycles. The SMILES string of the molecule is CN1N=C(CCc2ccc(Cl)cc2)/C(=C/c2ccc(C(C)(C)C)cc2)C1=O. The van der Waals surface area contributed by atoms with Gasteiger partial charge in [-0.3, -0.25) is 4.79 Å². The Bertz CT molecular complexity index is 887. The highest BCUT2D eigenvalue weighted by Crippen LogP contribution is 2.25. The zero-order valence-electron chi connectivity index (χ0n) is 16.3. The minimum absolute atomic E-state index is 0.0546. The molecule has 3 nitrogen and oxygen atoms in total. The third kappa shape index (κ3) is 4.67. The highest BCUT2D eigenvalue weighted by molar-refractivity contribution is 6.30. The minimum Gasteiger partial charge on any atom is -0.267 e. The lowest BCUT2D eigenvalue weighted by molar-refractivity contribution is -0.124. The van der Waals surface area contributed by atoms with Gasteiger partial charge >= 0.3 is 0 Å². The molecule has 1 aliphatic heterocycles. The molecule has 0 aliphatic carbocycles. The van der Waals surface area contributed by atoms with Gasteiger partial charge in [0.05, 0.1) is 11.3 Å². The van der Waals surface area contributed by atoms with Gasteiger partial charge in [0.25, 0.3) is 5.91 Å². The highest BCUT2D eigenvalue weighted by Gasteiger charge is 2.27. The Morgan fingerprint density at radius 3 is 2.22 bits per heavy atom. The summed E-state index contributed by atoms with van der Waals surface area (Å²) in [7, 11) is 1.70. The van der Waals surface area contributed by atoms with Gasteiger partial charge in [0.2, 0.25) is 0 Å². The van der Waals surface area contributed by atoms with Crippen molar-refractivity contribution in [2.45, 2.75) is 39.0 Å². The number of aryl methyl sites for hydroxylation is 1. The largest absolute Gasteiger partial charge is 0.275 e. The lowest BCUT2D eigenvalue weighted by atomic mass is 9.86. The van der Waals surface area contributed by atoms with Gasteiger partial charge in [0, 0.05) is 12.1 Å². The summed E-state index contributed by atoms with van der Waals surface area (Å²) in [6.07, 6.45) is 3.47. The monoisotopic (exact) mass is 380 g/mol. The van der Waals surface area contributed by atoms with E-state index < -0.39 is 0 Å². The number of carbonyl (C=O) groups excluding carboxylic acids is 1. The molecule has 140 valence electrons. The Kier molecular flexibility index (Phi) is 5.52. The average molecular weight is 381 g/mol. The summed E-state index contributed by atoms with van der Waals surface area (Å²) in [5, 5.41) is 6.59. The Hall–Kier alpha value is -2.39. The minimum atomic E-state index is -0.0546. The lowest BCUT2D eigenvalue weighted by Crippen LogP contribution is -2.17. The molecule has 1 amide bonds. The van der Waals surface area contributed by atoms with Gasteiger partial charge in [-0.1, -0.05) is 68.8 Å². The van der Waals surface area contributed by atoms with Gasteiger partial charge in [-0.2, -0.15) is 5.10 Å². The van der Waals surface area contributed by atoms with Gasteiger partial charge in [0.15, 0.2) is 0 Å². The number of hydrogen-bond acceptors (Lipinski definition) is 2. The van der Waals surface area contributed by atoms with Crippen LogP contribution < -0.4 is 0 Å². The predicted molar refractivity (Wildman–Crippen MR) is 113 cm³/mol. The summed E-state index contributed by atoms with van der Waals surface area (Å²) >= 11 is 5.95. The van der Waals surface area contributed by atoms with Crippen LogP contribution in [-0.4, -0.2) is 23.7 Å². The average Bonchev–Trinajstić information content (AvgIpc) is 2.89. The van der Waals surface area contributed by atoms with Crippen LogP contribution in [0.2, 0.25) is 5.02 Å². The third-order valence-electron chi connectivity index (χ3n) is 4.76. The summed E-state index contributed by atoms with van der Waals surface area (Å²) in [6.45, 7) is 6.58. The Labute approximate surface area is 166 Å². The van der Waals surface area contributed by atoms with Crippen LogP contribution in [0.1, 0.15) is 43.9 Å². The van der Waals surface area contributed by atoms with Gasteiger partial charge in [0.1, 0.15) is 0 Å². The molecule has 0 atom stereocenters. The van der Waals surface area contributed by atoms with E-state index in [0.717, 1.165) is 22.7 Å². The fourth-order valence-electron chi connectivity index (χ4n) is 3.07. The molecule has 0 saturated heterocycles. The molecule has 0 spiro atoms. The summed E-state index contributed by atoms with van der Waals surface area (Å²) < 4.78 is 0. The quantitative estimate of drug-likeness (QED) is 0.646. The molecule has 27 heavy (non-hydrogen) atoms. The molecule has 3 rings (SSSR count). The molecule has 0 radical (unpaired) electrons. The van der Waals surface area contributed by atoms with Crippen molar-refractivity contribution in [3.8, 4) is 0 Å². The molecule has 1 heterocycles. The fourth-order valence-corrected chi connectivity index (χ4v) is 3.19. The van der Waals surface area contributed by atoms with Crippen molar-refractivity contribution < 1.29 is 4.79 Å². The van der Waals surface area contributed by atoms with E-state index >= 15 is 0 Å². The maximum Gasteiger partial charge on any atom is 0.275 e. The second kappa shape index (κ2) is 7.69. The highest BCUT2D eigenvalue weighted by atomic mass is 35.5. The molecule has 0 N–H and O–H groups in total. The summed E-state index contributed by atoms with van der Waals surface area (Å²) in [5.41, 5.74) is 5.09. The molecular weight excluding hydrogens is 356 g/mol. The van der Waals surface area contributed by atoms with Crippen molar-refractivity contribution in [3.05, 3.63) is 75.8 Å². The fraction of sp³-hybridized carbons (Fsp3) is 0.304. The van der Waals surface area contributed by atoms with Crippen molar-refractivity contribution in [2.24, 2.45) is 5.10 Å². The van der Waals surface area contributed by atoms with Crippen molar-refractivity contribution >= 4 is 29.3 Å². The topological polar surface area (TPSA) is 32.7 Å². The van der Waals surface area contributed by atoms with Gasteiger partial charge in [-0.15, -0.1) is 0 Å². The Morgan fingerprint density at radius 2 is 1.63 bits per heavy atom. The van der Waals surface area contributed by atoms with E-state index in [1.54, 1.807) is 7.05 Å². The molecular formula is C23H25ClN2O. The van der Waals surface area contributed by atoms with Crippen LogP contribution >= 0.6 is 11.6 Å². The van der Waals surface area contributed by atoms with E-state index in [0.29, 0.717) is 12.0 Å². The zero-order valence-corrected chi connectivity index (χ0v) is 17.0. The first-order valence-electron chi connectivity index (χ1n) is 9.16. The third-order valence-corrected chi connectivity index (χ3v) is 5.01. The van der Waals surface area contributed by atoms with Crippen LogP contribution in [0.5, 0.6) is 0 Å². The van der Waals surface area contributed by atoms with Gasteiger partial charge in [-0.05, 0) is 53.2 Å². The number of nitrogens with zero attached hydrogens (tertiary/aromatic N) is 2. The van der Waals surface area contributed by atoms with Crippen molar-refractivity contribution in [1.82, 2.24) is 5.01 Å². The van der Waals surface area contributed by atoms with E-state index in [9.17, 15) is 4.79 Å². The summed E-state index contributed by atoms with van der Waals surface area (Å²) in [5.74, 6) is -0.0546. The first-order valence-corrected chi connectivity index (χ1v) is 9.54. The number of likely N-dealkylation sites (N-methyl/N-ethyl adjacent to an activating group) is 1. The normalized spacial score (nSPS) is 16.2. The van der Waals surface area contributed by atoms with Crippen LogP contribution in [-0.2, 0) is 16.6 Å². The van der Waals surface area contributed by atoms with Gasteiger partial charge < -0.3 is 0 Å². The summed E-state index contributed by atoms with van der Waals surface area (Å²) in [4.78, 5) is 12.5. The maximum absolute atomic E-state index is 12.5. The van der Waals surface area contributed by atoms with Crippen LogP contribution in [0.3, 0.4) is 0 Å². The van der Waals surface area contributed by atoms with Crippen LogP contribution in [0.25, 0.3) is 6.08 Å². The number of halogens is 1. The van der Waals surface area contributed by atoms with Gasteiger partial charge in [-0.25, -0.2) is 5.01 Å². The smallest absolute Gasteiger partial charge is 0.267 e. The standard InChI is InChI=1S/C23H25ClN2O/c1-23(2,3)18-10-5-17(6-11-18)15-20-21(25-26(4)22(20)27)14-9-16-7-12-19(24)13-8-16/h5-8,10-13,15H,9,14H2,1-4H3/b20-15-. The van der Waals surface area contributed by atoms with Crippen molar-refractivity contribution in [3.63, 3.8) is 0 Å². The number of rotatable bonds is 4. The van der Waals surface area contributed by atoms with E-state index in [2.05, 4.69) is 50.1 Å². The first-order chi connectivity index (χ1) is 12.7. The molecule has 0 fully saturated rings. The molecule has 0 unspecified atom stereocenters. The number of benzene rings is 2. The number of hydrogen-bond donors (Lipinski definition) is 0. The number of amides is 1. The predicted octanol–water partition coefficient (Wildman–Crippen LogP) is 5.48. The molecule has 4 heteroatoms. The second-order valence-corrected chi connectivity index (χ2v) is 8.37. The molecule has 1 aliphatic rings. The van der Waals surface area contributed by atoms with Crippen molar-refractivity contribution in [1.29, 1.82) is 0 Å². The van der Waals surface area contributed by atoms with Crippen LogP contribution in [0.4, 0.5) is 0 Å². The Morgan fingerprint density at radius 1 is 1.00 bits per heavy atom. The van der Waals surface area contributed by atoms with E-state index in [4.69, 9.17) is 11.6 Å². The molecule has 2 aromatic rings. The second-order valence-electron chi connectivity index (χ2n) is 7.93. The van der Waals surface area contributed by atoms with Crippen LogP contribution in [0.15, 0.2) is 59.2 Å². The zero-order chi connectivity index (χ0) is 19.6. The van der Waals surface area contributed by atoms with E-state index in [1.807, 2.05) is 30.3 Å². The van der Waals surface area contributed by atoms with Crippen molar-refractivity contribution in [2.75, 3.05) is 7.05 Å². The molecule has 0 saturated carbocycles. The van der Waals surface area contributed by atoms with Crippen LogP contribution in [0, 0.1) is 0 Å². The number of carbonyl (C=O) groups is 1. The molecule has 0 aromatic heterocycles. The Balaban J connectivity index is 1.79. The molecule has 0 bridgehead atoms. The first kappa shape index (κ1) is 19.4.